The molecule has 0 saturated heterocycles. The van der Waals surface area contributed by atoms with Crippen molar-refractivity contribution in [2.24, 2.45) is 11.7 Å². The topological polar surface area (TPSA) is 72.6 Å². The van der Waals surface area contributed by atoms with Crippen LogP contribution in [0, 0.1) is 5.92 Å². The third-order valence-corrected chi connectivity index (χ3v) is 6.41. The second-order valence-electron chi connectivity index (χ2n) is 6.91. The van der Waals surface area contributed by atoms with Gasteiger partial charge >= 0.3 is 5.97 Å². The van der Waals surface area contributed by atoms with Crippen LogP contribution in [0.3, 0.4) is 0 Å². The van der Waals surface area contributed by atoms with E-state index in [-0.39, 0.29) is 24.3 Å². The lowest BCUT2D eigenvalue weighted by molar-refractivity contribution is -0.134. The highest BCUT2D eigenvalue weighted by Crippen LogP contribution is 2.30. The van der Waals surface area contributed by atoms with Gasteiger partial charge in [-0.05, 0) is 30.4 Å². The Morgan fingerprint density at radius 2 is 2.08 bits per heavy atom. The number of rotatable bonds is 4. The fourth-order valence-corrected chi connectivity index (χ4v) is 4.92. The first-order chi connectivity index (χ1) is 11.6. The van der Waals surface area contributed by atoms with E-state index in [0.717, 1.165) is 18.4 Å². The van der Waals surface area contributed by atoms with Crippen molar-refractivity contribution in [1.29, 1.82) is 0 Å². The van der Waals surface area contributed by atoms with Crippen LogP contribution in [0.1, 0.15) is 58.6 Å². The molecule has 1 aromatic rings. The summed E-state index contributed by atoms with van der Waals surface area (Å²) in [7, 11) is 1.39. The number of halogens is 1. The summed E-state index contributed by atoms with van der Waals surface area (Å²) in [6.45, 7) is 1.24. The Bertz CT molecular complexity index is 613. The molecular formula is C18H27ClN2O3S. The lowest BCUT2D eigenvalue weighted by atomic mass is 9.84. The zero-order chi connectivity index (χ0) is 17.1. The van der Waals surface area contributed by atoms with Gasteiger partial charge in [-0.1, -0.05) is 32.1 Å². The number of fused-ring (bicyclic) bond motifs is 1. The van der Waals surface area contributed by atoms with Crippen molar-refractivity contribution < 1.29 is 14.3 Å². The van der Waals surface area contributed by atoms with Gasteiger partial charge in [0.1, 0.15) is 4.88 Å². The molecule has 0 spiro atoms. The molecule has 0 bridgehead atoms. The van der Waals surface area contributed by atoms with Crippen LogP contribution in [0.25, 0.3) is 0 Å². The van der Waals surface area contributed by atoms with Gasteiger partial charge in [-0.25, -0.2) is 4.79 Å². The van der Waals surface area contributed by atoms with Crippen LogP contribution in [0.5, 0.6) is 0 Å². The molecule has 0 radical (unpaired) electrons. The third-order valence-electron chi connectivity index (χ3n) is 5.19. The summed E-state index contributed by atoms with van der Waals surface area (Å²) in [6.07, 6.45) is 7.86. The lowest BCUT2D eigenvalue weighted by Crippen LogP contribution is -2.46. The maximum Gasteiger partial charge on any atom is 0.348 e. The third kappa shape index (κ3) is 4.74. The fourth-order valence-electron chi connectivity index (χ4n) is 3.84. The standard InChI is InChI=1S/C18H26N2O3S.ClH/c1-23-18(22)16-10-13-11-20(8-7-15(13)24-16)17(21)14(19)9-12-5-3-2-4-6-12;/h10,12,14H,2-9,11,19H2,1H3;1H. The van der Waals surface area contributed by atoms with E-state index in [1.807, 2.05) is 11.0 Å². The molecule has 2 N–H and O–H groups in total. The predicted molar refractivity (Wildman–Crippen MR) is 101 cm³/mol. The summed E-state index contributed by atoms with van der Waals surface area (Å²) >= 11 is 1.47. The van der Waals surface area contributed by atoms with Gasteiger partial charge in [0, 0.05) is 18.0 Å². The van der Waals surface area contributed by atoms with Crippen molar-refractivity contribution in [3.63, 3.8) is 0 Å². The number of hydrogen-bond acceptors (Lipinski definition) is 5. The largest absolute Gasteiger partial charge is 0.465 e. The SMILES string of the molecule is COC(=O)c1cc2c(s1)CCN(C(=O)C(N)CC1CCCCC1)C2.Cl. The van der Waals surface area contributed by atoms with E-state index in [9.17, 15) is 9.59 Å². The molecule has 0 aromatic carbocycles. The Kier molecular flexibility index (Phi) is 7.28. The van der Waals surface area contributed by atoms with Crippen molar-refractivity contribution in [3.8, 4) is 0 Å². The van der Waals surface area contributed by atoms with Crippen LogP contribution < -0.4 is 5.73 Å². The first-order valence-corrected chi connectivity index (χ1v) is 9.64. The van der Waals surface area contributed by atoms with Crippen LogP contribution >= 0.6 is 23.7 Å². The van der Waals surface area contributed by atoms with Gasteiger partial charge in [0.05, 0.1) is 13.2 Å². The molecule has 1 aromatic heterocycles. The Labute approximate surface area is 159 Å². The number of methoxy groups -OCH3 is 1. The molecule has 1 fully saturated rings. The highest BCUT2D eigenvalue weighted by Gasteiger charge is 2.29. The zero-order valence-corrected chi connectivity index (χ0v) is 16.3. The Morgan fingerprint density at radius 3 is 2.76 bits per heavy atom. The molecule has 2 aliphatic rings. The van der Waals surface area contributed by atoms with Crippen LogP contribution in [0.15, 0.2) is 6.07 Å². The van der Waals surface area contributed by atoms with Gasteiger partial charge in [-0.3, -0.25) is 4.79 Å². The molecule has 3 rings (SSSR count). The van der Waals surface area contributed by atoms with E-state index in [1.54, 1.807) is 0 Å². The molecular weight excluding hydrogens is 360 g/mol. The van der Waals surface area contributed by atoms with Crippen molar-refractivity contribution in [2.45, 2.75) is 57.5 Å². The number of hydrogen-bond donors (Lipinski definition) is 1. The van der Waals surface area contributed by atoms with Crippen LogP contribution in [0.4, 0.5) is 0 Å². The second-order valence-corrected chi connectivity index (χ2v) is 8.04. The smallest absolute Gasteiger partial charge is 0.348 e. The van der Waals surface area contributed by atoms with Gasteiger partial charge in [-0.15, -0.1) is 23.7 Å². The molecule has 1 aliphatic carbocycles. The van der Waals surface area contributed by atoms with Crippen molar-refractivity contribution in [1.82, 2.24) is 4.90 Å². The summed E-state index contributed by atoms with van der Waals surface area (Å²) in [5.41, 5.74) is 7.27. The quantitative estimate of drug-likeness (QED) is 0.807. The second kappa shape index (κ2) is 9.01. The minimum absolute atomic E-state index is 0. The molecule has 1 amide bonds. The minimum Gasteiger partial charge on any atom is -0.465 e. The van der Waals surface area contributed by atoms with E-state index in [2.05, 4.69) is 0 Å². The highest BCUT2D eigenvalue weighted by atomic mass is 35.5. The summed E-state index contributed by atoms with van der Waals surface area (Å²) in [6, 6.07) is 1.46. The van der Waals surface area contributed by atoms with Crippen LogP contribution in [0.2, 0.25) is 0 Å². The number of amides is 1. The van der Waals surface area contributed by atoms with Gasteiger partial charge < -0.3 is 15.4 Å². The van der Waals surface area contributed by atoms with E-state index >= 15 is 0 Å². The zero-order valence-electron chi connectivity index (χ0n) is 14.7. The summed E-state index contributed by atoms with van der Waals surface area (Å²) in [4.78, 5) is 28.0. The Hall–Kier alpha value is -1.11. The average molecular weight is 387 g/mol. The average Bonchev–Trinajstić information content (AvgIpc) is 3.04. The van der Waals surface area contributed by atoms with E-state index in [1.165, 1.54) is 55.4 Å². The number of esters is 1. The summed E-state index contributed by atoms with van der Waals surface area (Å²) in [5.74, 6) is 0.350. The molecule has 2 heterocycles. The van der Waals surface area contributed by atoms with Gasteiger partial charge in [0.15, 0.2) is 0 Å². The Morgan fingerprint density at radius 1 is 1.36 bits per heavy atom. The number of ether oxygens (including phenoxy) is 1. The van der Waals surface area contributed by atoms with Crippen LogP contribution in [-0.4, -0.2) is 36.5 Å². The molecule has 140 valence electrons. The highest BCUT2D eigenvalue weighted by molar-refractivity contribution is 7.14. The van der Waals surface area contributed by atoms with Crippen molar-refractivity contribution in [3.05, 3.63) is 21.4 Å². The molecule has 7 heteroatoms. The lowest BCUT2D eigenvalue weighted by Gasteiger charge is -2.31. The normalized spacial score (nSPS) is 18.9. The maximum atomic E-state index is 12.7. The van der Waals surface area contributed by atoms with Gasteiger partial charge in [-0.2, -0.15) is 0 Å². The predicted octanol–water partition coefficient (Wildman–Crippen LogP) is 3.14. The molecule has 1 unspecified atom stereocenters. The first kappa shape index (κ1) is 20.2. The van der Waals surface area contributed by atoms with Crippen molar-refractivity contribution >= 4 is 35.6 Å². The summed E-state index contributed by atoms with van der Waals surface area (Å²) < 4.78 is 4.78. The van der Waals surface area contributed by atoms with Crippen molar-refractivity contribution in [2.75, 3.05) is 13.7 Å². The van der Waals surface area contributed by atoms with Gasteiger partial charge in [0.2, 0.25) is 5.91 Å². The maximum absolute atomic E-state index is 12.7. The number of thiophene rings is 1. The number of carbonyl (C=O) groups is 2. The fraction of sp³-hybridized carbons (Fsp3) is 0.667. The first-order valence-electron chi connectivity index (χ1n) is 8.82. The van der Waals surface area contributed by atoms with E-state index < -0.39 is 6.04 Å². The number of nitrogens with zero attached hydrogens (tertiary/aromatic N) is 1. The van der Waals surface area contributed by atoms with Gasteiger partial charge in [0.25, 0.3) is 0 Å². The molecule has 1 saturated carbocycles. The van der Waals surface area contributed by atoms with Crippen LogP contribution in [-0.2, 0) is 22.5 Å². The Balaban J connectivity index is 0.00000225. The minimum atomic E-state index is -0.395. The van der Waals surface area contributed by atoms with E-state index in [4.69, 9.17) is 10.5 Å². The molecule has 25 heavy (non-hydrogen) atoms. The number of carbonyl (C=O) groups excluding carboxylic acids is 2. The summed E-state index contributed by atoms with van der Waals surface area (Å²) in [5, 5.41) is 0. The molecule has 5 nitrogen and oxygen atoms in total. The monoisotopic (exact) mass is 386 g/mol. The number of nitrogens with two attached hydrogens (primary N) is 1. The van der Waals surface area contributed by atoms with E-state index in [0.29, 0.717) is 23.9 Å². The molecule has 1 aliphatic heterocycles. The molecule has 1 atom stereocenters.